The number of hydrogen-bond acceptors (Lipinski definition) is 3. The largest absolute Gasteiger partial charge is 0.460 e. The van der Waals surface area contributed by atoms with E-state index in [0.717, 1.165) is 6.07 Å². The van der Waals surface area contributed by atoms with Gasteiger partial charge >= 0.3 is 5.97 Å². The van der Waals surface area contributed by atoms with E-state index in [1.54, 1.807) is 20.8 Å². The highest BCUT2D eigenvalue weighted by molar-refractivity contribution is 5.70. The molecule has 0 aliphatic carbocycles. The summed E-state index contributed by atoms with van der Waals surface area (Å²) in [4.78, 5) is 11.4. The van der Waals surface area contributed by atoms with Crippen LogP contribution >= 0.6 is 0 Å². The van der Waals surface area contributed by atoms with Crippen molar-refractivity contribution in [3.63, 3.8) is 0 Å². The van der Waals surface area contributed by atoms with E-state index in [1.165, 1.54) is 0 Å². The molecule has 0 radical (unpaired) electrons. The Morgan fingerprint density at radius 3 is 2.35 bits per heavy atom. The van der Waals surface area contributed by atoms with Crippen LogP contribution in [0.25, 0.3) is 0 Å². The molecule has 112 valence electrons. The SMILES string of the molecule is CC(C)(C)OC(=O)CCNCc1cc(F)c(F)cc1F. The normalized spacial score (nSPS) is 11.5. The van der Waals surface area contributed by atoms with Crippen LogP contribution in [0.4, 0.5) is 13.2 Å². The minimum absolute atomic E-state index is 0.00578. The van der Waals surface area contributed by atoms with Crippen molar-refractivity contribution >= 4 is 5.97 Å². The monoisotopic (exact) mass is 289 g/mol. The molecule has 0 spiro atoms. The third-order valence-electron chi connectivity index (χ3n) is 2.33. The number of rotatable bonds is 5. The summed E-state index contributed by atoms with van der Waals surface area (Å²) in [6.07, 6.45) is 0.114. The molecular formula is C14H18F3NO2. The second-order valence-electron chi connectivity index (χ2n) is 5.37. The average molecular weight is 289 g/mol. The number of hydrogen-bond donors (Lipinski definition) is 1. The van der Waals surface area contributed by atoms with Gasteiger partial charge in [-0.1, -0.05) is 0 Å². The summed E-state index contributed by atoms with van der Waals surface area (Å²) in [5.41, 5.74) is -0.545. The van der Waals surface area contributed by atoms with Crippen LogP contribution in [-0.2, 0) is 16.1 Å². The van der Waals surface area contributed by atoms with Gasteiger partial charge in [-0.2, -0.15) is 0 Å². The standard InChI is InChI=1S/C14H18F3NO2/c1-14(2,3)20-13(19)4-5-18-8-9-6-11(16)12(17)7-10(9)15/h6-7,18H,4-5,8H2,1-3H3. The number of esters is 1. The Kier molecular flexibility index (Phi) is 5.56. The first kappa shape index (κ1) is 16.5. The van der Waals surface area contributed by atoms with E-state index in [-0.39, 0.29) is 31.0 Å². The van der Waals surface area contributed by atoms with E-state index in [9.17, 15) is 18.0 Å². The fourth-order valence-corrected chi connectivity index (χ4v) is 1.51. The second kappa shape index (κ2) is 6.74. The van der Waals surface area contributed by atoms with E-state index in [0.29, 0.717) is 6.07 Å². The van der Waals surface area contributed by atoms with Crippen molar-refractivity contribution in [2.24, 2.45) is 0 Å². The number of carbonyl (C=O) groups is 1. The van der Waals surface area contributed by atoms with Crippen LogP contribution in [0.1, 0.15) is 32.8 Å². The molecule has 1 N–H and O–H groups in total. The van der Waals surface area contributed by atoms with Crippen molar-refractivity contribution in [2.75, 3.05) is 6.54 Å². The molecule has 1 aromatic rings. The van der Waals surface area contributed by atoms with Crippen molar-refractivity contribution in [2.45, 2.75) is 39.3 Å². The Bertz CT molecular complexity index is 484. The number of halogens is 3. The van der Waals surface area contributed by atoms with Gasteiger partial charge in [-0.05, 0) is 26.8 Å². The van der Waals surface area contributed by atoms with E-state index in [1.807, 2.05) is 0 Å². The van der Waals surface area contributed by atoms with Gasteiger partial charge in [0.15, 0.2) is 11.6 Å². The van der Waals surface area contributed by atoms with Crippen LogP contribution < -0.4 is 5.32 Å². The average Bonchev–Trinajstić information content (AvgIpc) is 2.28. The molecule has 0 aliphatic rings. The molecule has 1 aromatic carbocycles. The molecule has 0 amide bonds. The van der Waals surface area contributed by atoms with Crippen molar-refractivity contribution in [1.29, 1.82) is 0 Å². The summed E-state index contributed by atoms with van der Waals surface area (Å²) < 4.78 is 44.0. The Balaban J connectivity index is 2.38. The Morgan fingerprint density at radius 1 is 1.15 bits per heavy atom. The van der Waals surface area contributed by atoms with Crippen molar-refractivity contribution < 1.29 is 22.7 Å². The van der Waals surface area contributed by atoms with E-state index >= 15 is 0 Å². The van der Waals surface area contributed by atoms with Crippen molar-refractivity contribution in [1.82, 2.24) is 5.32 Å². The van der Waals surface area contributed by atoms with Gasteiger partial charge in [0.2, 0.25) is 0 Å². The second-order valence-corrected chi connectivity index (χ2v) is 5.37. The fraction of sp³-hybridized carbons (Fsp3) is 0.500. The van der Waals surface area contributed by atoms with Gasteiger partial charge in [0.1, 0.15) is 11.4 Å². The molecule has 0 heterocycles. The maximum absolute atomic E-state index is 13.3. The first-order valence-electron chi connectivity index (χ1n) is 6.25. The van der Waals surface area contributed by atoms with Crippen molar-refractivity contribution in [3.8, 4) is 0 Å². The van der Waals surface area contributed by atoms with Crippen LogP contribution in [0, 0.1) is 17.5 Å². The number of benzene rings is 1. The Morgan fingerprint density at radius 2 is 1.75 bits per heavy atom. The van der Waals surface area contributed by atoms with Crippen LogP contribution in [0.15, 0.2) is 12.1 Å². The fourth-order valence-electron chi connectivity index (χ4n) is 1.51. The molecule has 1 rings (SSSR count). The van der Waals surface area contributed by atoms with Gasteiger partial charge in [0.25, 0.3) is 0 Å². The molecule has 0 bridgehead atoms. The highest BCUT2D eigenvalue weighted by Gasteiger charge is 2.15. The third kappa shape index (κ3) is 5.61. The minimum Gasteiger partial charge on any atom is -0.460 e. The van der Waals surface area contributed by atoms with Crippen LogP contribution in [0.3, 0.4) is 0 Å². The summed E-state index contributed by atoms with van der Waals surface area (Å²) in [5, 5.41) is 2.78. The number of ether oxygens (including phenoxy) is 1. The maximum Gasteiger partial charge on any atom is 0.307 e. The predicted molar refractivity (Wildman–Crippen MR) is 68.5 cm³/mol. The predicted octanol–water partition coefficient (Wildman–Crippen LogP) is 2.93. The summed E-state index contributed by atoms with van der Waals surface area (Å²) >= 11 is 0. The molecule has 0 saturated heterocycles. The Labute approximate surface area is 116 Å². The lowest BCUT2D eigenvalue weighted by atomic mass is 10.2. The van der Waals surface area contributed by atoms with Gasteiger partial charge in [0, 0.05) is 24.7 Å². The number of nitrogens with one attached hydrogen (secondary N) is 1. The summed E-state index contributed by atoms with van der Waals surface area (Å²) in [6.45, 7) is 5.54. The summed E-state index contributed by atoms with van der Waals surface area (Å²) in [7, 11) is 0. The lowest BCUT2D eigenvalue weighted by Crippen LogP contribution is -2.26. The van der Waals surface area contributed by atoms with Gasteiger partial charge in [0.05, 0.1) is 6.42 Å². The van der Waals surface area contributed by atoms with Crippen molar-refractivity contribution in [3.05, 3.63) is 35.1 Å². The maximum atomic E-state index is 13.3. The van der Waals surface area contributed by atoms with E-state index < -0.39 is 23.1 Å². The highest BCUT2D eigenvalue weighted by Crippen LogP contribution is 2.13. The highest BCUT2D eigenvalue weighted by atomic mass is 19.2. The lowest BCUT2D eigenvalue weighted by molar-refractivity contribution is -0.154. The van der Waals surface area contributed by atoms with E-state index in [2.05, 4.69) is 5.32 Å². The molecule has 0 aromatic heterocycles. The topological polar surface area (TPSA) is 38.3 Å². The third-order valence-corrected chi connectivity index (χ3v) is 2.33. The number of carbonyl (C=O) groups excluding carboxylic acids is 1. The minimum atomic E-state index is -1.22. The Hall–Kier alpha value is -1.56. The molecule has 3 nitrogen and oxygen atoms in total. The molecule has 0 unspecified atom stereocenters. The van der Waals surface area contributed by atoms with Gasteiger partial charge in [-0.15, -0.1) is 0 Å². The molecule has 6 heteroatoms. The molecule has 0 aliphatic heterocycles. The van der Waals surface area contributed by atoms with Gasteiger partial charge in [-0.25, -0.2) is 13.2 Å². The molecular weight excluding hydrogens is 271 g/mol. The zero-order valence-electron chi connectivity index (χ0n) is 11.7. The van der Waals surface area contributed by atoms with Crippen LogP contribution in [0.2, 0.25) is 0 Å². The van der Waals surface area contributed by atoms with Gasteiger partial charge < -0.3 is 10.1 Å². The zero-order chi connectivity index (χ0) is 15.3. The molecule has 0 fully saturated rings. The van der Waals surface area contributed by atoms with E-state index in [4.69, 9.17) is 4.74 Å². The lowest BCUT2D eigenvalue weighted by Gasteiger charge is -2.19. The molecule has 0 saturated carbocycles. The van der Waals surface area contributed by atoms with Crippen LogP contribution in [0.5, 0.6) is 0 Å². The first-order valence-corrected chi connectivity index (χ1v) is 6.25. The smallest absolute Gasteiger partial charge is 0.307 e. The van der Waals surface area contributed by atoms with Gasteiger partial charge in [-0.3, -0.25) is 4.79 Å². The van der Waals surface area contributed by atoms with Crippen LogP contribution in [-0.4, -0.2) is 18.1 Å². The quantitative estimate of drug-likeness (QED) is 0.514. The summed E-state index contributed by atoms with van der Waals surface area (Å²) in [6, 6.07) is 1.30. The zero-order valence-corrected chi connectivity index (χ0v) is 11.7. The molecule has 20 heavy (non-hydrogen) atoms. The summed E-state index contributed by atoms with van der Waals surface area (Å²) in [5.74, 6) is -3.53. The molecule has 0 atom stereocenters. The first-order chi connectivity index (χ1) is 9.19.